The molecule has 5 heteroatoms. The topological polar surface area (TPSA) is 38.0 Å². The number of hydrogen-bond acceptors (Lipinski definition) is 2. The zero-order valence-corrected chi connectivity index (χ0v) is 13.4. The first-order valence-electron chi connectivity index (χ1n) is 5.60. The van der Waals surface area contributed by atoms with Crippen molar-refractivity contribution in [3.63, 3.8) is 0 Å². The fourth-order valence-corrected chi connectivity index (χ4v) is 2.41. The van der Waals surface area contributed by atoms with Gasteiger partial charge in [-0.05, 0) is 58.7 Å². The lowest BCUT2D eigenvalue weighted by atomic mass is 10.1. The monoisotopic (exact) mass is 354 g/mol. The molecule has 2 rings (SSSR count). The van der Waals surface area contributed by atoms with Gasteiger partial charge in [-0.15, -0.1) is 0 Å². The minimum absolute atomic E-state index is 0.336. The number of nitrogens with two attached hydrogens (primary N) is 1. The van der Waals surface area contributed by atoms with Gasteiger partial charge in [0.05, 0.1) is 11.4 Å². The van der Waals surface area contributed by atoms with Crippen LogP contribution in [-0.4, -0.2) is 4.99 Å². The molecule has 0 fully saturated rings. The van der Waals surface area contributed by atoms with Crippen LogP contribution >= 0.6 is 39.7 Å². The molecule has 2 aromatic carbocycles. The molecule has 0 heterocycles. The van der Waals surface area contributed by atoms with E-state index in [4.69, 9.17) is 29.6 Å². The highest BCUT2D eigenvalue weighted by Crippen LogP contribution is 2.30. The molecular weight excluding hydrogens is 344 g/mol. The van der Waals surface area contributed by atoms with Crippen LogP contribution in [0.25, 0.3) is 0 Å². The number of thiocarbonyl (C=S) groups is 1. The molecular formula is C14H12BrClN2S. The summed E-state index contributed by atoms with van der Waals surface area (Å²) in [5, 5.41) is 3.94. The maximum absolute atomic E-state index is 6.02. The molecule has 0 radical (unpaired) electrons. The molecule has 0 saturated heterocycles. The molecule has 0 amide bonds. The van der Waals surface area contributed by atoms with Gasteiger partial charge in [0, 0.05) is 15.1 Å². The Labute approximate surface area is 131 Å². The average Bonchev–Trinajstić information content (AvgIpc) is 2.33. The van der Waals surface area contributed by atoms with Crippen molar-refractivity contribution >= 4 is 56.1 Å². The number of rotatable bonds is 3. The van der Waals surface area contributed by atoms with Crippen molar-refractivity contribution in [2.24, 2.45) is 5.73 Å². The largest absolute Gasteiger partial charge is 0.389 e. The molecule has 0 aliphatic heterocycles. The van der Waals surface area contributed by atoms with E-state index in [-0.39, 0.29) is 0 Å². The van der Waals surface area contributed by atoms with Gasteiger partial charge in [0.1, 0.15) is 4.99 Å². The summed E-state index contributed by atoms with van der Waals surface area (Å²) in [6, 6.07) is 11.5. The van der Waals surface area contributed by atoms with Crippen molar-refractivity contribution in [3.05, 3.63) is 57.0 Å². The molecule has 0 atom stereocenters. The zero-order chi connectivity index (χ0) is 14.0. The first-order chi connectivity index (χ1) is 8.97. The Kier molecular flexibility index (Phi) is 4.45. The van der Waals surface area contributed by atoms with E-state index in [0.29, 0.717) is 10.0 Å². The molecule has 0 aliphatic carbocycles. The van der Waals surface area contributed by atoms with Gasteiger partial charge in [0.2, 0.25) is 0 Å². The third kappa shape index (κ3) is 3.47. The van der Waals surface area contributed by atoms with Gasteiger partial charge in [-0.25, -0.2) is 0 Å². The van der Waals surface area contributed by atoms with Gasteiger partial charge < -0.3 is 11.1 Å². The van der Waals surface area contributed by atoms with Crippen molar-refractivity contribution in [1.29, 1.82) is 0 Å². The highest BCUT2D eigenvalue weighted by molar-refractivity contribution is 9.10. The van der Waals surface area contributed by atoms with Crippen molar-refractivity contribution in [1.82, 2.24) is 0 Å². The number of nitrogens with one attached hydrogen (secondary N) is 1. The van der Waals surface area contributed by atoms with E-state index in [1.807, 2.05) is 37.3 Å². The normalized spacial score (nSPS) is 10.3. The molecule has 0 spiro atoms. The van der Waals surface area contributed by atoms with Crippen LogP contribution in [0, 0.1) is 6.92 Å². The molecule has 3 N–H and O–H groups in total. The van der Waals surface area contributed by atoms with Crippen molar-refractivity contribution in [2.75, 3.05) is 5.32 Å². The van der Waals surface area contributed by atoms with Gasteiger partial charge >= 0.3 is 0 Å². The van der Waals surface area contributed by atoms with E-state index < -0.39 is 0 Å². The predicted molar refractivity (Wildman–Crippen MR) is 89.5 cm³/mol. The number of anilines is 2. The zero-order valence-electron chi connectivity index (χ0n) is 10.2. The Morgan fingerprint density at radius 3 is 2.63 bits per heavy atom. The highest BCUT2D eigenvalue weighted by atomic mass is 79.9. The van der Waals surface area contributed by atoms with E-state index in [1.165, 1.54) is 0 Å². The number of halogens is 2. The SMILES string of the molecule is Cc1ccc(Br)c(Nc2cc(Cl)ccc2C(N)=S)c1. The summed E-state index contributed by atoms with van der Waals surface area (Å²) < 4.78 is 0.965. The van der Waals surface area contributed by atoms with Crippen LogP contribution in [0.1, 0.15) is 11.1 Å². The molecule has 19 heavy (non-hydrogen) atoms. The van der Waals surface area contributed by atoms with Crippen LogP contribution in [0.4, 0.5) is 11.4 Å². The third-order valence-electron chi connectivity index (χ3n) is 2.64. The molecule has 0 aromatic heterocycles. The molecule has 2 aromatic rings. The molecule has 0 aliphatic rings. The molecule has 98 valence electrons. The van der Waals surface area contributed by atoms with Crippen LogP contribution in [-0.2, 0) is 0 Å². The van der Waals surface area contributed by atoms with Gasteiger partial charge in [-0.2, -0.15) is 0 Å². The van der Waals surface area contributed by atoms with Gasteiger partial charge in [0.25, 0.3) is 0 Å². The van der Waals surface area contributed by atoms with Gasteiger partial charge in [-0.1, -0.05) is 29.9 Å². The summed E-state index contributed by atoms with van der Waals surface area (Å²) in [6.07, 6.45) is 0. The summed E-state index contributed by atoms with van der Waals surface area (Å²) in [5.41, 5.74) is 9.39. The standard InChI is InChI=1S/C14H12BrClN2S/c1-8-2-5-11(15)13(6-8)18-12-7-9(16)3-4-10(12)14(17)19/h2-7,18H,1H3,(H2,17,19). The smallest absolute Gasteiger partial charge is 0.106 e. The summed E-state index contributed by atoms with van der Waals surface area (Å²) in [6.45, 7) is 2.03. The minimum atomic E-state index is 0.336. The first-order valence-corrected chi connectivity index (χ1v) is 7.18. The number of hydrogen-bond donors (Lipinski definition) is 2. The fourth-order valence-electron chi connectivity index (χ4n) is 1.71. The second-order valence-electron chi connectivity index (χ2n) is 4.16. The van der Waals surface area contributed by atoms with Crippen molar-refractivity contribution in [2.45, 2.75) is 6.92 Å². The molecule has 0 unspecified atom stereocenters. The van der Waals surface area contributed by atoms with E-state index in [2.05, 4.69) is 21.2 Å². The minimum Gasteiger partial charge on any atom is -0.389 e. The lowest BCUT2D eigenvalue weighted by Crippen LogP contribution is -2.12. The van der Waals surface area contributed by atoms with Crippen LogP contribution < -0.4 is 11.1 Å². The van der Waals surface area contributed by atoms with E-state index >= 15 is 0 Å². The number of benzene rings is 2. The van der Waals surface area contributed by atoms with Crippen LogP contribution in [0.5, 0.6) is 0 Å². The summed E-state index contributed by atoms with van der Waals surface area (Å²) >= 11 is 14.6. The Morgan fingerprint density at radius 2 is 1.95 bits per heavy atom. The Bertz CT molecular complexity index is 643. The van der Waals surface area contributed by atoms with Crippen LogP contribution in [0.2, 0.25) is 5.02 Å². The second kappa shape index (κ2) is 5.90. The predicted octanol–water partition coefficient (Wildman–Crippen LogP) is 4.79. The number of aryl methyl sites for hydroxylation is 1. The highest BCUT2D eigenvalue weighted by Gasteiger charge is 2.08. The summed E-state index contributed by atoms with van der Waals surface area (Å²) in [5.74, 6) is 0. The Hall–Kier alpha value is -1.10. The average molecular weight is 356 g/mol. The summed E-state index contributed by atoms with van der Waals surface area (Å²) in [4.78, 5) is 0.336. The third-order valence-corrected chi connectivity index (χ3v) is 3.78. The lowest BCUT2D eigenvalue weighted by Gasteiger charge is -2.13. The van der Waals surface area contributed by atoms with Gasteiger partial charge in [0.15, 0.2) is 0 Å². The lowest BCUT2D eigenvalue weighted by molar-refractivity contribution is 1.43. The maximum Gasteiger partial charge on any atom is 0.106 e. The van der Waals surface area contributed by atoms with Crippen molar-refractivity contribution < 1.29 is 0 Å². The van der Waals surface area contributed by atoms with E-state index in [9.17, 15) is 0 Å². The Morgan fingerprint density at radius 1 is 1.21 bits per heavy atom. The van der Waals surface area contributed by atoms with Crippen LogP contribution in [0.15, 0.2) is 40.9 Å². The maximum atomic E-state index is 6.02. The Balaban J connectivity index is 2.45. The quantitative estimate of drug-likeness (QED) is 0.778. The first kappa shape index (κ1) is 14.3. The van der Waals surface area contributed by atoms with Crippen LogP contribution in [0.3, 0.4) is 0 Å². The molecule has 0 bridgehead atoms. The van der Waals surface area contributed by atoms with E-state index in [1.54, 1.807) is 6.07 Å². The van der Waals surface area contributed by atoms with Crippen molar-refractivity contribution in [3.8, 4) is 0 Å². The van der Waals surface area contributed by atoms with Gasteiger partial charge in [-0.3, -0.25) is 0 Å². The molecule has 2 nitrogen and oxygen atoms in total. The summed E-state index contributed by atoms with van der Waals surface area (Å²) in [7, 11) is 0. The second-order valence-corrected chi connectivity index (χ2v) is 5.89. The fraction of sp³-hybridized carbons (Fsp3) is 0.0714. The molecule has 0 saturated carbocycles. The van der Waals surface area contributed by atoms with E-state index in [0.717, 1.165) is 27.0 Å².